The molecule has 1 N–H and O–H groups in total. The molecule has 4 nitrogen and oxygen atoms in total. The predicted molar refractivity (Wildman–Crippen MR) is 85.9 cm³/mol. The van der Waals surface area contributed by atoms with Gasteiger partial charge in [0.15, 0.2) is 5.76 Å². The van der Waals surface area contributed by atoms with Crippen LogP contribution in [0.15, 0.2) is 28.7 Å². The number of nitrogens with zero attached hydrogens (tertiary/aromatic N) is 1. The second kappa shape index (κ2) is 6.13. The monoisotopic (exact) mass is 301 g/mol. The molecule has 4 heteroatoms. The van der Waals surface area contributed by atoms with Gasteiger partial charge in [-0.25, -0.2) is 0 Å². The van der Waals surface area contributed by atoms with E-state index in [0.29, 0.717) is 12.3 Å². The largest absolute Gasteiger partial charge is 0.451 e. The van der Waals surface area contributed by atoms with Crippen molar-refractivity contribution in [3.63, 3.8) is 0 Å². The maximum absolute atomic E-state index is 12.5. The first-order chi connectivity index (χ1) is 10.5. The van der Waals surface area contributed by atoms with Gasteiger partial charge in [-0.1, -0.05) is 24.5 Å². The summed E-state index contributed by atoms with van der Waals surface area (Å²) >= 11 is 0. The summed E-state index contributed by atoms with van der Waals surface area (Å²) < 4.78 is 5.67. The molecule has 1 saturated carbocycles. The number of rotatable bonds is 3. The lowest BCUT2D eigenvalue weighted by Gasteiger charge is -2.30. The van der Waals surface area contributed by atoms with Crippen molar-refractivity contribution in [3.8, 4) is 0 Å². The van der Waals surface area contributed by atoms with Crippen LogP contribution in [-0.2, 0) is 0 Å². The van der Waals surface area contributed by atoms with E-state index in [1.807, 2.05) is 25.1 Å². The predicted octanol–water partition coefficient (Wildman–Crippen LogP) is 3.36. The standard InChI is InChI=1S/C18H23NO3/c1-12-7-8-16-14(9-12)10-17(22-16)18(21)19(2)11-13-5-3-4-6-15(13)20/h7-10,13,15,20H,3-6,11H2,1-2H3. The quantitative estimate of drug-likeness (QED) is 0.945. The number of aliphatic hydroxyl groups excluding tert-OH is 1. The number of furan rings is 1. The lowest BCUT2D eigenvalue weighted by Crippen LogP contribution is -2.37. The topological polar surface area (TPSA) is 53.7 Å². The molecule has 3 rings (SSSR count). The molecule has 1 aromatic heterocycles. The molecule has 0 saturated heterocycles. The summed E-state index contributed by atoms with van der Waals surface area (Å²) in [5, 5.41) is 11.0. The zero-order valence-corrected chi connectivity index (χ0v) is 13.2. The van der Waals surface area contributed by atoms with Crippen LogP contribution in [0.1, 0.15) is 41.8 Å². The zero-order chi connectivity index (χ0) is 15.7. The van der Waals surface area contributed by atoms with Crippen LogP contribution >= 0.6 is 0 Å². The number of carbonyl (C=O) groups is 1. The zero-order valence-electron chi connectivity index (χ0n) is 13.2. The molecule has 0 aliphatic heterocycles. The molecule has 1 aliphatic rings. The van der Waals surface area contributed by atoms with Crippen molar-refractivity contribution in [2.45, 2.75) is 38.7 Å². The minimum atomic E-state index is -0.290. The third-order valence-electron chi connectivity index (χ3n) is 4.61. The van der Waals surface area contributed by atoms with Gasteiger partial charge >= 0.3 is 0 Å². The molecule has 2 aromatic rings. The van der Waals surface area contributed by atoms with Crippen molar-refractivity contribution in [2.75, 3.05) is 13.6 Å². The van der Waals surface area contributed by atoms with Crippen molar-refractivity contribution in [1.82, 2.24) is 4.90 Å². The fourth-order valence-electron chi connectivity index (χ4n) is 3.29. The van der Waals surface area contributed by atoms with E-state index in [2.05, 4.69) is 0 Å². The molecular weight excluding hydrogens is 278 g/mol. The highest BCUT2D eigenvalue weighted by atomic mass is 16.3. The molecule has 118 valence electrons. The van der Waals surface area contributed by atoms with Crippen molar-refractivity contribution in [1.29, 1.82) is 0 Å². The minimum Gasteiger partial charge on any atom is -0.451 e. The Bertz CT molecular complexity index is 676. The molecule has 0 radical (unpaired) electrons. The first-order valence-electron chi connectivity index (χ1n) is 7.98. The lowest BCUT2D eigenvalue weighted by atomic mass is 9.86. The van der Waals surface area contributed by atoms with Crippen LogP contribution in [-0.4, -0.2) is 35.6 Å². The number of aliphatic hydroxyl groups is 1. The Morgan fingerprint density at radius 3 is 2.86 bits per heavy atom. The molecule has 22 heavy (non-hydrogen) atoms. The highest BCUT2D eigenvalue weighted by Crippen LogP contribution is 2.26. The highest BCUT2D eigenvalue weighted by Gasteiger charge is 2.27. The lowest BCUT2D eigenvalue weighted by molar-refractivity contribution is 0.0438. The van der Waals surface area contributed by atoms with Crippen molar-refractivity contribution in [2.24, 2.45) is 5.92 Å². The summed E-state index contributed by atoms with van der Waals surface area (Å²) in [6.45, 7) is 2.60. The van der Waals surface area contributed by atoms with Gasteiger partial charge in [-0.15, -0.1) is 0 Å². The van der Waals surface area contributed by atoms with E-state index in [0.717, 1.165) is 42.2 Å². The molecule has 1 amide bonds. The average molecular weight is 301 g/mol. The van der Waals surface area contributed by atoms with Gasteiger partial charge in [0.05, 0.1) is 6.10 Å². The van der Waals surface area contributed by atoms with E-state index in [9.17, 15) is 9.90 Å². The van der Waals surface area contributed by atoms with E-state index in [-0.39, 0.29) is 17.9 Å². The van der Waals surface area contributed by atoms with Crippen LogP contribution in [0.3, 0.4) is 0 Å². The van der Waals surface area contributed by atoms with Gasteiger partial charge in [-0.3, -0.25) is 4.79 Å². The van der Waals surface area contributed by atoms with Crippen LogP contribution < -0.4 is 0 Å². The number of hydrogen-bond donors (Lipinski definition) is 1. The van der Waals surface area contributed by atoms with Gasteiger partial charge in [-0.2, -0.15) is 0 Å². The first-order valence-corrected chi connectivity index (χ1v) is 7.98. The molecule has 0 bridgehead atoms. The smallest absolute Gasteiger partial charge is 0.289 e. The molecule has 1 heterocycles. The fraction of sp³-hybridized carbons (Fsp3) is 0.500. The molecule has 2 atom stereocenters. The Morgan fingerprint density at radius 1 is 1.32 bits per heavy atom. The average Bonchev–Trinajstić information content (AvgIpc) is 2.91. The molecule has 0 spiro atoms. The first kappa shape index (κ1) is 15.1. The van der Waals surface area contributed by atoms with Crippen LogP contribution in [0.4, 0.5) is 0 Å². The number of benzene rings is 1. The Kier molecular flexibility index (Phi) is 4.21. The van der Waals surface area contributed by atoms with Gasteiger partial charge < -0.3 is 14.4 Å². The van der Waals surface area contributed by atoms with E-state index in [1.54, 1.807) is 18.0 Å². The van der Waals surface area contributed by atoms with Gasteiger partial charge in [0.25, 0.3) is 5.91 Å². The van der Waals surface area contributed by atoms with Gasteiger partial charge in [0.2, 0.25) is 0 Å². The summed E-state index contributed by atoms with van der Waals surface area (Å²) in [5.74, 6) is 0.425. The highest BCUT2D eigenvalue weighted by molar-refractivity contribution is 5.96. The summed E-state index contributed by atoms with van der Waals surface area (Å²) in [5.41, 5.74) is 1.88. The Labute approximate surface area is 130 Å². The normalized spacial score (nSPS) is 22.0. The van der Waals surface area contributed by atoms with Gasteiger partial charge in [-0.05, 0) is 38.0 Å². The van der Waals surface area contributed by atoms with Gasteiger partial charge in [0, 0.05) is 24.9 Å². The van der Waals surface area contributed by atoms with Crippen LogP contribution in [0.2, 0.25) is 0 Å². The number of fused-ring (bicyclic) bond motifs is 1. The maximum Gasteiger partial charge on any atom is 0.289 e. The molecule has 1 aliphatic carbocycles. The molecular formula is C18H23NO3. The third kappa shape index (κ3) is 3.02. The molecule has 2 unspecified atom stereocenters. The Balaban J connectivity index is 1.73. The Hall–Kier alpha value is -1.81. The fourth-order valence-corrected chi connectivity index (χ4v) is 3.29. The third-order valence-corrected chi connectivity index (χ3v) is 4.61. The Morgan fingerprint density at radius 2 is 2.09 bits per heavy atom. The second-order valence-corrected chi connectivity index (χ2v) is 6.45. The molecule has 1 aromatic carbocycles. The molecule has 1 fully saturated rings. The van der Waals surface area contributed by atoms with E-state index >= 15 is 0 Å². The number of carbonyl (C=O) groups excluding carboxylic acids is 1. The second-order valence-electron chi connectivity index (χ2n) is 6.45. The van der Waals surface area contributed by atoms with E-state index in [1.165, 1.54) is 0 Å². The number of hydrogen-bond acceptors (Lipinski definition) is 3. The SMILES string of the molecule is Cc1ccc2oc(C(=O)N(C)CC3CCCCC3O)cc2c1. The van der Waals surface area contributed by atoms with Crippen LogP contribution in [0.5, 0.6) is 0 Å². The van der Waals surface area contributed by atoms with Gasteiger partial charge in [0.1, 0.15) is 5.58 Å². The number of amides is 1. The summed E-state index contributed by atoms with van der Waals surface area (Å²) in [6.07, 6.45) is 3.75. The van der Waals surface area contributed by atoms with Crippen molar-refractivity contribution < 1.29 is 14.3 Å². The van der Waals surface area contributed by atoms with Crippen LogP contribution in [0.25, 0.3) is 11.0 Å². The van der Waals surface area contributed by atoms with Crippen molar-refractivity contribution >= 4 is 16.9 Å². The summed E-state index contributed by atoms with van der Waals surface area (Å²) in [4.78, 5) is 14.2. The maximum atomic E-state index is 12.5. The van der Waals surface area contributed by atoms with E-state index < -0.39 is 0 Å². The number of aryl methyl sites for hydroxylation is 1. The van der Waals surface area contributed by atoms with Crippen molar-refractivity contribution in [3.05, 3.63) is 35.6 Å². The minimum absolute atomic E-state index is 0.119. The van der Waals surface area contributed by atoms with Crippen LogP contribution in [0, 0.1) is 12.8 Å². The van der Waals surface area contributed by atoms with E-state index in [4.69, 9.17) is 4.42 Å². The summed E-state index contributed by atoms with van der Waals surface area (Å²) in [6, 6.07) is 7.69. The summed E-state index contributed by atoms with van der Waals surface area (Å²) in [7, 11) is 1.78.